The van der Waals surface area contributed by atoms with Crippen molar-refractivity contribution in [2.24, 2.45) is 0 Å². The first-order valence-electron chi connectivity index (χ1n) is 9.05. The van der Waals surface area contributed by atoms with Crippen LogP contribution in [0.1, 0.15) is 49.5 Å². The van der Waals surface area contributed by atoms with Crippen molar-refractivity contribution in [2.75, 3.05) is 18.0 Å². The van der Waals surface area contributed by atoms with Gasteiger partial charge in [0, 0.05) is 12.2 Å². The van der Waals surface area contributed by atoms with Crippen LogP contribution >= 0.6 is 0 Å². The molecule has 0 bridgehead atoms. The highest BCUT2D eigenvalue weighted by molar-refractivity contribution is 5.89. The maximum absolute atomic E-state index is 12.5. The van der Waals surface area contributed by atoms with E-state index >= 15 is 0 Å². The Morgan fingerprint density at radius 1 is 1.04 bits per heavy atom. The van der Waals surface area contributed by atoms with E-state index in [-0.39, 0.29) is 17.5 Å². The maximum atomic E-state index is 12.5. The summed E-state index contributed by atoms with van der Waals surface area (Å²) in [5.41, 5.74) is 3.13. The van der Waals surface area contributed by atoms with E-state index in [1.54, 1.807) is 0 Å². The molecule has 0 saturated carbocycles. The van der Waals surface area contributed by atoms with Crippen molar-refractivity contribution in [2.45, 2.75) is 45.1 Å². The smallest absolute Gasteiger partial charge is 0.338 e. The summed E-state index contributed by atoms with van der Waals surface area (Å²) in [5, 5.41) is 0. The van der Waals surface area contributed by atoms with Crippen molar-refractivity contribution >= 4 is 11.7 Å². The van der Waals surface area contributed by atoms with E-state index < -0.39 is 0 Å². The molecule has 3 nitrogen and oxygen atoms in total. The summed E-state index contributed by atoms with van der Waals surface area (Å²) in [6, 6.07) is 18.1. The number of hydrogen-bond donors (Lipinski definition) is 0. The maximum Gasteiger partial charge on any atom is 0.338 e. The van der Waals surface area contributed by atoms with Crippen molar-refractivity contribution < 1.29 is 9.53 Å². The van der Waals surface area contributed by atoms with Crippen LogP contribution in [-0.2, 0) is 10.2 Å². The zero-order valence-electron chi connectivity index (χ0n) is 15.4. The number of anilines is 1. The van der Waals surface area contributed by atoms with Crippen LogP contribution in [0.4, 0.5) is 5.69 Å². The van der Waals surface area contributed by atoms with Gasteiger partial charge in [-0.15, -0.1) is 0 Å². The Kier molecular flexibility index (Phi) is 5.12. The summed E-state index contributed by atoms with van der Waals surface area (Å²) in [6.45, 7) is 8.27. The molecular weight excluding hydrogens is 310 g/mol. The van der Waals surface area contributed by atoms with Gasteiger partial charge in [0.15, 0.2) is 0 Å². The number of ether oxygens (including phenoxy) is 1. The molecule has 0 aromatic heterocycles. The van der Waals surface area contributed by atoms with Gasteiger partial charge in [0.05, 0.1) is 12.1 Å². The Hall–Kier alpha value is -2.29. The zero-order valence-corrected chi connectivity index (χ0v) is 15.4. The van der Waals surface area contributed by atoms with Gasteiger partial charge in [-0.05, 0) is 48.1 Å². The monoisotopic (exact) mass is 337 g/mol. The van der Waals surface area contributed by atoms with Crippen LogP contribution < -0.4 is 4.90 Å². The molecule has 1 atom stereocenters. The third kappa shape index (κ3) is 4.41. The molecule has 0 aliphatic carbocycles. The van der Waals surface area contributed by atoms with Crippen molar-refractivity contribution in [1.82, 2.24) is 0 Å². The predicted molar refractivity (Wildman–Crippen MR) is 102 cm³/mol. The van der Waals surface area contributed by atoms with Crippen molar-refractivity contribution in [3.05, 3.63) is 65.7 Å². The van der Waals surface area contributed by atoms with Crippen LogP contribution in [0.2, 0.25) is 0 Å². The Balaban J connectivity index is 1.62. The van der Waals surface area contributed by atoms with Gasteiger partial charge < -0.3 is 9.64 Å². The number of nitrogens with zero attached hydrogens (tertiary/aromatic N) is 1. The van der Waals surface area contributed by atoms with Gasteiger partial charge in [-0.1, -0.05) is 51.1 Å². The van der Waals surface area contributed by atoms with E-state index in [1.165, 1.54) is 11.3 Å². The standard InChI is InChI=1S/C22H27NO2/c1-22(2,3)18-13-11-17(12-14-18)21(24)25-20-10-7-15-23(16-20)19-8-5-4-6-9-19/h4-6,8-9,11-14,20H,7,10,15-16H2,1-3H3. The molecule has 1 unspecified atom stereocenters. The van der Waals surface area contributed by atoms with Gasteiger partial charge in [-0.3, -0.25) is 0 Å². The Bertz CT molecular complexity index is 701. The molecule has 1 aliphatic heterocycles. The lowest BCUT2D eigenvalue weighted by Crippen LogP contribution is -2.40. The average molecular weight is 337 g/mol. The number of hydrogen-bond acceptors (Lipinski definition) is 3. The molecule has 2 aromatic rings. The summed E-state index contributed by atoms with van der Waals surface area (Å²) in [6.07, 6.45) is 1.91. The Morgan fingerprint density at radius 2 is 1.72 bits per heavy atom. The van der Waals surface area contributed by atoms with Gasteiger partial charge >= 0.3 is 5.97 Å². The van der Waals surface area contributed by atoms with E-state index in [0.29, 0.717) is 5.56 Å². The molecule has 25 heavy (non-hydrogen) atoms. The molecule has 2 aromatic carbocycles. The topological polar surface area (TPSA) is 29.5 Å². The van der Waals surface area contributed by atoms with Gasteiger partial charge in [0.2, 0.25) is 0 Å². The van der Waals surface area contributed by atoms with Gasteiger partial charge in [-0.25, -0.2) is 4.79 Å². The summed E-state index contributed by atoms with van der Waals surface area (Å²) in [7, 11) is 0. The SMILES string of the molecule is CC(C)(C)c1ccc(C(=O)OC2CCCN(c3ccccc3)C2)cc1. The molecular formula is C22H27NO2. The van der Waals surface area contributed by atoms with E-state index in [4.69, 9.17) is 4.74 Å². The van der Waals surface area contributed by atoms with Crippen LogP contribution in [0.3, 0.4) is 0 Å². The second-order valence-corrected chi connectivity index (χ2v) is 7.78. The first kappa shape index (κ1) is 17.5. The number of para-hydroxylation sites is 1. The molecule has 3 heteroatoms. The predicted octanol–water partition coefficient (Wildman–Crippen LogP) is 4.81. The van der Waals surface area contributed by atoms with E-state index in [2.05, 4.69) is 37.8 Å². The summed E-state index contributed by atoms with van der Waals surface area (Å²) in [5.74, 6) is -0.222. The quantitative estimate of drug-likeness (QED) is 0.753. The fourth-order valence-corrected chi connectivity index (χ4v) is 3.23. The van der Waals surface area contributed by atoms with Crippen LogP contribution in [0.5, 0.6) is 0 Å². The first-order chi connectivity index (χ1) is 11.9. The number of carbonyl (C=O) groups excluding carboxylic acids is 1. The highest BCUT2D eigenvalue weighted by Gasteiger charge is 2.24. The zero-order chi connectivity index (χ0) is 17.9. The molecule has 3 rings (SSSR count). The molecule has 0 N–H and O–H groups in total. The molecule has 1 saturated heterocycles. The Labute approximate surface area is 150 Å². The highest BCUT2D eigenvalue weighted by atomic mass is 16.5. The molecule has 0 amide bonds. The lowest BCUT2D eigenvalue weighted by Gasteiger charge is -2.34. The Morgan fingerprint density at radius 3 is 2.36 bits per heavy atom. The van der Waals surface area contributed by atoms with Crippen molar-refractivity contribution in [3.8, 4) is 0 Å². The van der Waals surface area contributed by atoms with Crippen LogP contribution in [-0.4, -0.2) is 25.2 Å². The first-order valence-corrected chi connectivity index (χ1v) is 9.05. The van der Waals surface area contributed by atoms with Gasteiger partial charge in [-0.2, -0.15) is 0 Å². The lowest BCUT2D eigenvalue weighted by atomic mass is 9.87. The second-order valence-electron chi connectivity index (χ2n) is 7.78. The fourth-order valence-electron chi connectivity index (χ4n) is 3.23. The third-order valence-corrected chi connectivity index (χ3v) is 4.76. The molecule has 1 aliphatic rings. The number of esters is 1. The number of piperidine rings is 1. The van der Waals surface area contributed by atoms with Crippen molar-refractivity contribution in [3.63, 3.8) is 0 Å². The van der Waals surface area contributed by atoms with E-state index in [1.807, 2.05) is 42.5 Å². The van der Waals surface area contributed by atoms with E-state index in [0.717, 1.165) is 25.9 Å². The minimum Gasteiger partial charge on any atom is -0.457 e. The molecule has 1 fully saturated rings. The lowest BCUT2D eigenvalue weighted by molar-refractivity contribution is 0.0270. The summed E-state index contributed by atoms with van der Waals surface area (Å²) in [4.78, 5) is 14.8. The van der Waals surface area contributed by atoms with Crippen LogP contribution in [0.15, 0.2) is 54.6 Å². The minimum absolute atomic E-state index is 0.0521. The third-order valence-electron chi connectivity index (χ3n) is 4.76. The van der Waals surface area contributed by atoms with Gasteiger partial charge in [0.1, 0.15) is 6.10 Å². The minimum atomic E-state index is -0.222. The van der Waals surface area contributed by atoms with E-state index in [9.17, 15) is 4.79 Å². The number of rotatable bonds is 3. The highest BCUT2D eigenvalue weighted by Crippen LogP contribution is 2.24. The summed E-state index contributed by atoms with van der Waals surface area (Å²) < 4.78 is 5.77. The van der Waals surface area contributed by atoms with Crippen molar-refractivity contribution in [1.29, 1.82) is 0 Å². The molecule has 132 valence electrons. The molecule has 0 spiro atoms. The summed E-state index contributed by atoms with van der Waals surface area (Å²) >= 11 is 0. The van der Waals surface area contributed by atoms with Gasteiger partial charge in [0.25, 0.3) is 0 Å². The molecule has 0 radical (unpaired) electrons. The van der Waals surface area contributed by atoms with Crippen LogP contribution in [0, 0.1) is 0 Å². The molecule has 1 heterocycles. The second kappa shape index (κ2) is 7.30. The fraction of sp³-hybridized carbons (Fsp3) is 0.409. The normalized spacial score (nSPS) is 18.0. The number of benzene rings is 2. The number of carbonyl (C=O) groups is 1. The van der Waals surface area contributed by atoms with Crippen LogP contribution in [0.25, 0.3) is 0 Å². The average Bonchev–Trinajstić information content (AvgIpc) is 2.62. The largest absolute Gasteiger partial charge is 0.457 e.